The Morgan fingerprint density at radius 3 is 2.50 bits per heavy atom. The molecule has 18 heavy (non-hydrogen) atoms. The lowest BCUT2D eigenvalue weighted by atomic mass is 9.67. The minimum atomic E-state index is -0.276. The van der Waals surface area contributed by atoms with Crippen LogP contribution in [-0.2, 0) is 17.4 Å². The molecule has 1 heterocycles. The summed E-state index contributed by atoms with van der Waals surface area (Å²) in [7, 11) is 0. The maximum atomic E-state index is 6.35. The number of thiazole rings is 1. The standard InChI is InChI=1S/C15H26N2S/c1-7-15(6,16)12-17-10-8-13(2,3)9-14(4,5)11(10)18-12/h7-9,16H2,1-6H3. The summed E-state index contributed by atoms with van der Waals surface area (Å²) in [5.74, 6) is 0. The second kappa shape index (κ2) is 4.04. The van der Waals surface area contributed by atoms with Gasteiger partial charge in [-0.05, 0) is 31.6 Å². The maximum Gasteiger partial charge on any atom is 0.113 e. The molecule has 1 aromatic heterocycles. The summed E-state index contributed by atoms with van der Waals surface area (Å²) in [4.78, 5) is 6.34. The number of rotatable bonds is 2. The van der Waals surface area contributed by atoms with Crippen LogP contribution in [0, 0.1) is 5.41 Å². The number of aromatic nitrogens is 1. The fourth-order valence-electron chi connectivity index (χ4n) is 3.19. The first-order chi connectivity index (χ1) is 8.07. The third-order valence-corrected chi connectivity index (χ3v) is 5.84. The number of hydrogen-bond donors (Lipinski definition) is 1. The highest BCUT2D eigenvalue weighted by atomic mass is 32.1. The highest BCUT2D eigenvalue weighted by molar-refractivity contribution is 7.12. The third kappa shape index (κ3) is 2.35. The number of hydrogen-bond acceptors (Lipinski definition) is 3. The predicted octanol–water partition coefficient (Wildman–Crippen LogP) is 3.98. The zero-order valence-electron chi connectivity index (χ0n) is 12.6. The molecular weight excluding hydrogens is 240 g/mol. The van der Waals surface area contributed by atoms with Crippen LogP contribution < -0.4 is 5.73 Å². The van der Waals surface area contributed by atoms with Crippen LogP contribution in [0.3, 0.4) is 0 Å². The molecule has 1 atom stereocenters. The largest absolute Gasteiger partial charge is 0.320 e. The molecular formula is C15H26N2S. The van der Waals surface area contributed by atoms with Gasteiger partial charge in [0, 0.05) is 10.3 Å². The van der Waals surface area contributed by atoms with Crippen molar-refractivity contribution in [3.05, 3.63) is 15.6 Å². The van der Waals surface area contributed by atoms with E-state index in [2.05, 4.69) is 41.5 Å². The van der Waals surface area contributed by atoms with Gasteiger partial charge in [-0.1, -0.05) is 34.6 Å². The van der Waals surface area contributed by atoms with Gasteiger partial charge in [0.15, 0.2) is 0 Å². The van der Waals surface area contributed by atoms with Crippen molar-refractivity contribution in [1.29, 1.82) is 0 Å². The molecule has 2 N–H and O–H groups in total. The monoisotopic (exact) mass is 266 g/mol. The Bertz CT molecular complexity index is 455. The molecule has 0 radical (unpaired) electrons. The Kier molecular flexibility index (Phi) is 3.14. The summed E-state index contributed by atoms with van der Waals surface area (Å²) in [6, 6.07) is 0. The minimum absolute atomic E-state index is 0.233. The molecule has 0 amide bonds. The molecule has 0 aromatic carbocycles. The quantitative estimate of drug-likeness (QED) is 0.879. The molecule has 0 aliphatic heterocycles. The normalized spacial score (nSPS) is 24.4. The lowest BCUT2D eigenvalue weighted by molar-refractivity contribution is 0.232. The van der Waals surface area contributed by atoms with Gasteiger partial charge in [-0.25, -0.2) is 4.98 Å². The molecule has 1 aliphatic rings. The molecule has 0 saturated heterocycles. The molecule has 0 spiro atoms. The minimum Gasteiger partial charge on any atom is -0.320 e. The van der Waals surface area contributed by atoms with Crippen molar-refractivity contribution >= 4 is 11.3 Å². The van der Waals surface area contributed by atoms with Gasteiger partial charge in [0.2, 0.25) is 0 Å². The van der Waals surface area contributed by atoms with E-state index >= 15 is 0 Å². The molecule has 0 fully saturated rings. The second-order valence-electron chi connectivity index (χ2n) is 7.47. The van der Waals surface area contributed by atoms with E-state index in [-0.39, 0.29) is 11.0 Å². The smallest absolute Gasteiger partial charge is 0.113 e. The fourth-order valence-corrected chi connectivity index (χ4v) is 4.50. The van der Waals surface area contributed by atoms with Crippen molar-refractivity contribution < 1.29 is 0 Å². The van der Waals surface area contributed by atoms with Gasteiger partial charge in [-0.3, -0.25) is 0 Å². The Hall–Kier alpha value is -0.410. The number of nitrogens with two attached hydrogens (primary N) is 1. The Balaban J connectivity index is 2.49. The van der Waals surface area contributed by atoms with E-state index in [9.17, 15) is 0 Å². The highest BCUT2D eigenvalue weighted by Gasteiger charge is 2.41. The second-order valence-corrected chi connectivity index (χ2v) is 8.47. The Labute approximate surface area is 115 Å². The Morgan fingerprint density at radius 2 is 1.94 bits per heavy atom. The van der Waals surface area contributed by atoms with E-state index in [1.165, 1.54) is 17.0 Å². The van der Waals surface area contributed by atoms with E-state index in [1.54, 1.807) is 0 Å². The van der Waals surface area contributed by atoms with Gasteiger partial charge in [0.05, 0.1) is 11.2 Å². The molecule has 0 saturated carbocycles. The van der Waals surface area contributed by atoms with Crippen LogP contribution in [-0.4, -0.2) is 4.98 Å². The van der Waals surface area contributed by atoms with E-state index < -0.39 is 0 Å². The summed E-state index contributed by atoms with van der Waals surface area (Å²) >= 11 is 1.84. The van der Waals surface area contributed by atoms with Crippen LogP contribution in [0.2, 0.25) is 0 Å². The van der Waals surface area contributed by atoms with Crippen LogP contribution in [0.25, 0.3) is 0 Å². The lowest BCUT2D eigenvalue weighted by Gasteiger charge is -2.39. The third-order valence-electron chi connectivity index (χ3n) is 4.10. The van der Waals surface area contributed by atoms with Gasteiger partial charge in [-0.15, -0.1) is 11.3 Å². The molecule has 1 aromatic rings. The van der Waals surface area contributed by atoms with Crippen molar-refractivity contribution in [1.82, 2.24) is 4.98 Å². The zero-order chi connectivity index (χ0) is 13.8. The molecule has 3 heteroatoms. The van der Waals surface area contributed by atoms with Crippen LogP contribution in [0.4, 0.5) is 0 Å². The van der Waals surface area contributed by atoms with Crippen molar-refractivity contribution in [2.24, 2.45) is 11.1 Å². The average Bonchev–Trinajstić information content (AvgIpc) is 2.59. The molecule has 2 rings (SSSR count). The van der Waals surface area contributed by atoms with Gasteiger partial charge >= 0.3 is 0 Å². The van der Waals surface area contributed by atoms with Crippen molar-refractivity contribution in [2.45, 2.75) is 71.8 Å². The van der Waals surface area contributed by atoms with E-state index in [1.807, 2.05) is 11.3 Å². The summed E-state index contributed by atoms with van der Waals surface area (Å²) in [5.41, 5.74) is 7.95. The topological polar surface area (TPSA) is 38.9 Å². The average molecular weight is 266 g/mol. The summed E-state index contributed by atoms with van der Waals surface area (Å²) in [6.45, 7) is 13.6. The molecule has 1 aliphatic carbocycles. The van der Waals surface area contributed by atoms with Gasteiger partial charge < -0.3 is 5.73 Å². The van der Waals surface area contributed by atoms with Crippen molar-refractivity contribution in [3.8, 4) is 0 Å². The van der Waals surface area contributed by atoms with Crippen LogP contribution in [0.1, 0.15) is 70.0 Å². The molecule has 1 unspecified atom stereocenters. The predicted molar refractivity (Wildman–Crippen MR) is 79.1 cm³/mol. The molecule has 2 nitrogen and oxygen atoms in total. The van der Waals surface area contributed by atoms with Gasteiger partial charge in [0.1, 0.15) is 5.01 Å². The maximum absolute atomic E-state index is 6.35. The first kappa shape index (κ1) is 14.0. The van der Waals surface area contributed by atoms with E-state index in [0.29, 0.717) is 5.41 Å². The van der Waals surface area contributed by atoms with E-state index in [0.717, 1.165) is 17.8 Å². The van der Waals surface area contributed by atoms with Crippen LogP contribution in [0.15, 0.2) is 0 Å². The zero-order valence-corrected chi connectivity index (χ0v) is 13.4. The van der Waals surface area contributed by atoms with Crippen LogP contribution in [0.5, 0.6) is 0 Å². The van der Waals surface area contributed by atoms with Gasteiger partial charge in [-0.2, -0.15) is 0 Å². The van der Waals surface area contributed by atoms with Crippen molar-refractivity contribution in [3.63, 3.8) is 0 Å². The first-order valence-corrected chi connectivity index (χ1v) is 7.69. The number of fused-ring (bicyclic) bond motifs is 1. The summed E-state index contributed by atoms with van der Waals surface area (Å²) in [6.07, 6.45) is 3.24. The fraction of sp³-hybridized carbons (Fsp3) is 0.800. The Morgan fingerprint density at radius 1 is 1.33 bits per heavy atom. The lowest BCUT2D eigenvalue weighted by Crippen LogP contribution is -2.33. The van der Waals surface area contributed by atoms with Gasteiger partial charge in [0.25, 0.3) is 0 Å². The highest BCUT2D eigenvalue weighted by Crippen LogP contribution is 2.48. The SMILES string of the molecule is CCC(C)(N)c1nc2c(s1)C(C)(C)CC(C)(C)C2. The van der Waals surface area contributed by atoms with E-state index in [4.69, 9.17) is 10.7 Å². The summed E-state index contributed by atoms with van der Waals surface area (Å²) in [5, 5.41) is 1.11. The van der Waals surface area contributed by atoms with Crippen molar-refractivity contribution in [2.75, 3.05) is 0 Å². The summed E-state index contributed by atoms with van der Waals surface area (Å²) < 4.78 is 0. The molecule has 0 bridgehead atoms. The number of nitrogens with zero attached hydrogens (tertiary/aromatic N) is 1. The van der Waals surface area contributed by atoms with Crippen LogP contribution >= 0.6 is 11.3 Å². The first-order valence-electron chi connectivity index (χ1n) is 6.87. The molecule has 102 valence electrons.